The fourth-order valence-electron chi connectivity index (χ4n) is 2.18. The molecule has 1 aromatic rings. The molecule has 88 valence electrons. The second-order valence-electron chi connectivity index (χ2n) is 4.80. The third-order valence-electron chi connectivity index (χ3n) is 3.63. The summed E-state index contributed by atoms with van der Waals surface area (Å²) >= 11 is 0. The summed E-state index contributed by atoms with van der Waals surface area (Å²) in [4.78, 5) is 0. The molecule has 1 unspecified atom stereocenters. The molecule has 0 heterocycles. The van der Waals surface area contributed by atoms with Crippen molar-refractivity contribution >= 4 is 0 Å². The molecule has 0 saturated heterocycles. The third kappa shape index (κ3) is 2.05. The van der Waals surface area contributed by atoms with Crippen LogP contribution < -0.4 is 10.5 Å². The van der Waals surface area contributed by atoms with Crippen LogP contribution in [0.3, 0.4) is 0 Å². The van der Waals surface area contributed by atoms with Gasteiger partial charge in [0.05, 0.1) is 7.11 Å². The van der Waals surface area contributed by atoms with Gasteiger partial charge in [0.25, 0.3) is 0 Å². The van der Waals surface area contributed by atoms with Crippen LogP contribution in [0.15, 0.2) is 18.2 Å². The molecule has 1 fully saturated rings. The molecule has 3 heteroatoms. The Morgan fingerprint density at radius 1 is 1.50 bits per heavy atom. The van der Waals surface area contributed by atoms with E-state index in [1.54, 1.807) is 12.1 Å². The molecule has 1 aliphatic rings. The predicted molar refractivity (Wildman–Crippen MR) is 62.0 cm³/mol. The van der Waals surface area contributed by atoms with Gasteiger partial charge in [0.1, 0.15) is 0 Å². The predicted octanol–water partition coefficient (Wildman–Crippen LogP) is 2.50. The van der Waals surface area contributed by atoms with Crippen LogP contribution in [0.2, 0.25) is 0 Å². The summed E-state index contributed by atoms with van der Waals surface area (Å²) in [6, 6.07) is 5.34. The molecule has 2 nitrogen and oxygen atoms in total. The topological polar surface area (TPSA) is 35.2 Å². The minimum absolute atomic E-state index is 0.178. The Morgan fingerprint density at radius 2 is 2.19 bits per heavy atom. The van der Waals surface area contributed by atoms with Crippen LogP contribution in [0, 0.1) is 11.2 Å². The van der Waals surface area contributed by atoms with Gasteiger partial charge in [-0.2, -0.15) is 0 Å². The number of methoxy groups -OCH3 is 1. The lowest BCUT2D eigenvalue weighted by Gasteiger charge is -2.19. The van der Waals surface area contributed by atoms with E-state index in [1.807, 2.05) is 13.0 Å². The number of rotatable bonds is 4. The molecule has 1 atom stereocenters. The second kappa shape index (κ2) is 4.06. The van der Waals surface area contributed by atoms with E-state index >= 15 is 0 Å². The minimum atomic E-state index is -0.291. The zero-order chi connectivity index (χ0) is 11.8. The highest BCUT2D eigenvalue weighted by Gasteiger charge is 2.45. The third-order valence-corrected chi connectivity index (χ3v) is 3.63. The van der Waals surface area contributed by atoms with Crippen LogP contribution in [0.25, 0.3) is 0 Å². The van der Waals surface area contributed by atoms with E-state index < -0.39 is 0 Å². The van der Waals surface area contributed by atoms with Crippen molar-refractivity contribution in [3.63, 3.8) is 0 Å². The van der Waals surface area contributed by atoms with Crippen molar-refractivity contribution in [1.82, 2.24) is 0 Å². The highest BCUT2D eigenvalue weighted by molar-refractivity contribution is 5.30. The molecule has 2 N–H and O–H groups in total. The van der Waals surface area contributed by atoms with Gasteiger partial charge in [-0.3, -0.25) is 0 Å². The molecule has 0 spiro atoms. The van der Waals surface area contributed by atoms with E-state index in [1.165, 1.54) is 7.11 Å². The molecular weight excluding hydrogens is 205 g/mol. The molecule has 1 aromatic carbocycles. The summed E-state index contributed by atoms with van der Waals surface area (Å²) in [5.41, 5.74) is 7.17. The highest BCUT2D eigenvalue weighted by atomic mass is 19.1. The number of hydrogen-bond donors (Lipinski definition) is 1. The van der Waals surface area contributed by atoms with Crippen molar-refractivity contribution in [1.29, 1.82) is 0 Å². The summed E-state index contributed by atoms with van der Waals surface area (Å²) in [6.45, 7) is 2.03. The maximum atomic E-state index is 13.5. The number of benzene rings is 1. The number of halogens is 1. The van der Waals surface area contributed by atoms with Crippen molar-refractivity contribution in [2.45, 2.75) is 32.2 Å². The van der Waals surface area contributed by atoms with Crippen molar-refractivity contribution in [3.05, 3.63) is 29.6 Å². The maximum absolute atomic E-state index is 13.5. The summed E-state index contributed by atoms with van der Waals surface area (Å²) in [6.07, 6.45) is 3.17. The molecule has 0 radical (unpaired) electrons. The van der Waals surface area contributed by atoms with Crippen molar-refractivity contribution in [2.75, 3.05) is 7.11 Å². The first-order valence-electron chi connectivity index (χ1n) is 5.65. The summed E-state index contributed by atoms with van der Waals surface area (Å²) in [7, 11) is 1.47. The first-order chi connectivity index (χ1) is 7.57. The molecule has 0 aliphatic heterocycles. The first kappa shape index (κ1) is 11.4. The summed E-state index contributed by atoms with van der Waals surface area (Å²) < 4.78 is 18.4. The largest absolute Gasteiger partial charge is 0.494 e. The van der Waals surface area contributed by atoms with E-state index in [0.717, 1.165) is 24.8 Å². The second-order valence-corrected chi connectivity index (χ2v) is 4.80. The average molecular weight is 223 g/mol. The lowest BCUT2D eigenvalue weighted by Crippen LogP contribution is -2.29. The Bertz CT molecular complexity index is 386. The minimum Gasteiger partial charge on any atom is -0.494 e. The molecule has 1 saturated carbocycles. The standard InChI is InChI=1S/C13H18FNO/c1-9(15)13(5-6-13)8-10-3-4-12(16-2)11(14)7-10/h3-4,7,9H,5-6,8,15H2,1-2H3. The van der Waals surface area contributed by atoms with Gasteiger partial charge < -0.3 is 10.5 Å². The molecule has 0 aromatic heterocycles. The maximum Gasteiger partial charge on any atom is 0.165 e. The van der Waals surface area contributed by atoms with Crippen LogP contribution in [-0.2, 0) is 6.42 Å². The van der Waals surface area contributed by atoms with Gasteiger partial charge in [0.2, 0.25) is 0 Å². The average Bonchev–Trinajstić information content (AvgIpc) is 2.99. The first-order valence-corrected chi connectivity index (χ1v) is 5.65. The van der Waals surface area contributed by atoms with Crippen molar-refractivity contribution in [3.8, 4) is 5.75 Å². The molecule has 2 rings (SSSR count). The van der Waals surface area contributed by atoms with Gasteiger partial charge in [-0.15, -0.1) is 0 Å². The van der Waals surface area contributed by atoms with Gasteiger partial charge in [0.15, 0.2) is 11.6 Å². The smallest absolute Gasteiger partial charge is 0.165 e. The van der Waals surface area contributed by atoms with Gasteiger partial charge in [-0.05, 0) is 49.3 Å². The van der Waals surface area contributed by atoms with Gasteiger partial charge in [-0.25, -0.2) is 4.39 Å². The number of nitrogens with two attached hydrogens (primary N) is 1. The highest BCUT2D eigenvalue weighted by Crippen LogP contribution is 2.50. The Hall–Kier alpha value is -1.09. The Labute approximate surface area is 95.6 Å². The fourth-order valence-corrected chi connectivity index (χ4v) is 2.18. The van der Waals surface area contributed by atoms with Crippen LogP contribution in [0.1, 0.15) is 25.3 Å². The van der Waals surface area contributed by atoms with E-state index in [9.17, 15) is 4.39 Å². The van der Waals surface area contributed by atoms with Crippen LogP contribution in [-0.4, -0.2) is 13.2 Å². The molecule has 1 aliphatic carbocycles. The number of hydrogen-bond acceptors (Lipinski definition) is 2. The summed E-state index contributed by atoms with van der Waals surface area (Å²) in [5, 5.41) is 0. The number of ether oxygens (including phenoxy) is 1. The Kier molecular flexibility index (Phi) is 2.89. The van der Waals surface area contributed by atoms with E-state index in [2.05, 4.69) is 0 Å². The van der Waals surface area contributed by atoms with Crippen molar-refractivity contribution in [2.24, 2.45) is 11.1 Å². The summed E-state index contributed by atoms with van der Waals surface area (Å²) in [5.74, 6) is 0.00914. The van der Waals surface area contributed by atoms with Gasteiger partial charge in [0, 0.05) is 6.04 Å². The lowest BCUT2D eigenvalue weighted by molar-refractivity contribution is 0.384. The van der Waals surface area contributed by atoms with E-state index in [4.69, 9.17) is 10.5 Å². The van der Waals surface area contributed by atoms with Gasteiger partial charge in [-0.1, -0.05) is 6.07 Å². The molecular formula is C13H18FNO. The quantitative estimate of drug-likeness (QED) is 0.851. The normalized spacial score (nSPS) is 19.2. The fraction of sp³-hybridized carbons (Fsp3) is 0.538. The Morgan fingerprint density at radius 3 is 2.62 bits per heavy atom. The lowest BCUT2D eigenvalue weighted by atomic mass is 9.90. The van der Waals surface area contributed by atoms with Crippen molar-refractivity contribution < 1.29 is 9.13 Å². The molecule has 16 heavy (non-hydrogen) atoms. The van der Waals surface area contributed by atoms with E-state index in [-0.39, 0.29) is 17.3 Å². The van der Waals surface area contributed by atoms with Gasteiger partial charge >= 0.3 is 0 Å². The zero-order valence-corrected chi connectivity index (χ0v) is 9.79. The monoisotopic (exact) mass is 223 g/mol. The molecule has 0 amide bonds. The Balaban J connectivity index is 2.14. The van der Waals surface area contributed by atoms with Crippen LogP contribution in [0.4, 0.5) is 4.39 Å². The van der Waals surface area contributed by atoms with Crippen LogP contribution in [0.5, 0.6) is 5.75 Å². The zero-order valence-electron chi connectivity index (χ0n) is 9.79. The SMILES string of the molecule is COc1ccc(CC2(C(C)N)CC2)cc1F. The molecule has 0 bridgehead atoms. The van der Waals surface area contributed by atoms with Crippen LogP contribution >= 0.6 is 0 Å². The van der Waals surface area contributed by atoms with E-state index in [0.29, 0.717) is 5.75 Å².